The molecule has 5 nitrogen and oxygen atoms in total. The summed E-state index contributed by atoms with van der Waals surface area (Å²) in [6.45, 7) is 11.3. The first-order chi connectivity index (χ1) is 21.9. The molecule has 1 heterocycles. The first-order valence-electron chi connectivity index (χ1n) is 16.0. The average molecular weight is 642 g/mol. The zero-order chi connectivity index (χ0) is 32.8. The lowest BCUT2D eigenvalue weighted by Gasteiger charge is -2.49. The molecular weight excluding hydrogens is 601 g/mol. The van der Waals surface area contributed by atoms with E-state index in [-0.39, 0.29) is 39.8 Å². The molecule has 0 spiro atoms. The second-order valence-corrected chi connectivity index (χ2v) is 14.7. The van der Waals surface area contributed by atoms with Crippen molar-refractivity contribution in [3.05, 3.63) is 117 Å². The van der Waals surface area contributed by atoms with Crippen molar-refractivity contribution in [3.63, 3.8) is 0 Å². The fraction of sp³-hybridized carbons (Fsp3) is 0.385. The van der Waals surface area contributed by atoms with E-state index < -0.39 is 5.92 Å². The first kappa shape index (κ1) is 32.1. The van der Waals surface area contributed by atoms with E-state index >= 15 is 0 Å². The van der Waals surface area contributed by atoms with Crippen molar-refractivity contribution in [2.45, 2.75) is 79.4 Å². The standard InChI is InChI=1S/C39H41ClFNO4/c1-6-45-33-17-26(16-27(40)37(33)46-23-25-14-10-11-15-28(25)41)34-35-29(18-38(2,3)20-31(35)43)42(22-24-12-8-7-9-13-24)30-19-39(4,5)21-32(44)36(30)34/h7-17,34H,6,18-23H2,1-5H3. The monoisotopic (exact) mass is 641 g/mol. The Morgan fingerprint density at radius 2 is 1.41 bits per heavy atom. The first-order valence-corrected chi connectivity index (χ1v) is 16.4. The molecule has 3 aliphatic rings. The number of ether oxygens (including phenoxy) is 2. The van der Waals surface area contributed by atoms with Crippen LogP contribution in [0.25, 0.3) is 0 Å². The van der Waals surface area contributed by atoms with E-state index in [2.05, 4.69) is 44.7 Å². The summed E-state index contributed by atoms with van der Waals surface area (Å²) >= 11 is 6.93. The summed E-state index contributed by atoms with van der Waals surface area (Å²) in [5.74, 6) is -0.162. The van der Waals surface area contributed by atoms with Crippen LogP contribution < -0.4 is 9.47 Å². The van der Waals surface area contributed by atoms with Gasteiger partial charge in [0.1, 0.15) is 12.4 Å². The predicted molar refractivity (Wildman–Crippen MR) is 178 cm³/mol. The van der Waals surface area contributed by atoms with Gasteiger partial charge in [0.2, 0.25) is 0 Å². The third kappa shape index (κ3) is 6.24. The topological polar surface area (TPSA) is 55.8 Å². The minimum absolute atomic E-state index is 0.0323. The number of Topliss-reactive ketones (excluding diaryl/α,β-unsaturated/α-hetero) is 2. The highest BCUT2D eigenvalue weighted by atomic mass is 35.5. The molecule has 0 saturated carbocycles. The zero-order valence-electron chi connectivity index (χ0n) is 27.2. The molecule has 3 aromatic rings. The fourth-order valence-corrected chi connectivity index (χ4v) is 7.53. The van der Waals surface area contributed by atoms with E-state index in [1.165, 1.54) is 6.07 Å². The maximum atomic E-state index is 14.4. The molecule has 0 unspecified atom stereocenters. The third-order valence-corrected chi connectivity index (χ3v) is 9.48. The van der Waals surface area contributed by atoms with E-state index in [9.17, 15) is 14.0 Å². The summed E-state index contributed by atoms with van der Waals surface area (Å²) in [5, 5.41) is 0.278. The number of hydrogen-bond acceptors (Lipinski definition) is 5. The summed E-state index contributed by atoms with van der Waals surface area (Å²) in [6.07, 6.45) is 2.19. The molecule has 0 saturated heterocycles. The Hall–Kier alpha value is -3.90. The minimum Gasteiger partial charge on any atom is -0.490 e. The normalized spacial score (nSPS) is 19.2. The Labute approximate surface area is 276 Å². The van der Waals surface area contributed by atoms with Crippen LogP contribution in [-0.4, -0.2) is 23.1 Å². The number of carbonyl (C=O) groups excluding carboxylic acids is 2. The van der Waals surface area contributed by atoms with Crippen molar-refractivity contribution in [1.29, 1.82) is 0 Å². The highest BCUT2D eigenvalue weighted by Crippen LogP contribution is 2.56. The van der Waals surface area contributed by atoms with Gasteiger partial charge in [-0.2, -0.15) is 0 Å². The van der Waals surface area contributed by atoms with Crippen LogP contribution in [0.4, 0.5) is 4.39 Å². The van der Waals surface area contributed by atoms with Gasteiger partial charge in [0, 0.05) is 53.4 Å². The molecular formula is C39H41ClFNO4. The van der Waals surface area contributed by atoms with Gasteiger partial charge in [0.15, 0.2) is 23.1 Å². The Kier molecular flexibility index (Phi) is 8.62. The number of benzene rings is 3. The molecule has 0 N–H and O–H groups in total. The second-order valence-electron chi connectivity index (χ2n) is 14.3. The SMILES string of the molecule is CCOc1cc(C2C3=C(CC(C)(C)CC3=O)N(Cc3ccccc3)C3=C2C(=O)CC(C)(C)C3)cc(Cl)c1OCc1ccccc1F. The lowest BCUT2D eigenvalue weighted by atomic mass is 9.63. The van der Waals surface area contributed by atoms with Crippen molar-refractivity contribution in [3.8, 4) is 11.5 Å². The van der Waals surface area contributed by atoms with Crippen LogP contribution in [0, 0.1) is 16.6 Å². The van der Waals surface area contributed by atoms with E-state index in [1.807, 2.05) is 31.2 Å². The van der Waals surface area contributed by atoms with Crippen LogP contribution in [0.15, 0.2) is 89.3 Å². The van der Waals surface area contributed by atoms with Gasteiger partial charge in [-0.05, 0) is 59.9 Å². The van der Waals surface area contributed by atoms with Crippen molar-refractivity contribution in [1.82, 2.24) is 4.90 Å². The highest BCUT2D eigenvalue weighted by molar-refractivity contribution is 6.32. The van der Waals surface area contributed by atoms with Gasteiger partial charge in [0.05, 0.1) is 11.6 Å². The quantitative estimate of drug-likeness (QED) is 0.245. The van der Waals surface area contributed by atoms with Crippen molar-refractivity contribution < 1.29 is 23.5 Å². The number of halogens is 2. The molecule has 0 atom stereocenters. The summed E-state index contributed by atoms with van der Waals surface area (Å²) in [6, 6.07) is 20.3. The second kappa shape index (κ2) is 12.4. The molecule has 240 valence electrons. The third-order valence-electron chi connectivity index (χ3n) is 9.20. The number of carbonyl (C=O) groups is 2. The molecule has 1 aliphatic heterocycles. The lowest BCUT2D eigenvalue weighted by Crippen LogP contribution is -2.44. The smallest absolute Gasteiger partial charge is 0.180 e. The van der Waals surface area contributed by atoms with Crippen LogP contribution in [-0.2, 0) is 22.7 Å². The minimum atomic E-state index is -0.582. The molecule has 46 heavy (non-hydrogen) atoms. The highest BCUT2D eigenvalue weighted by Gasteiger charge is 2.49. The Bertz CT molecular complexity index is 1700. The maximum Gasteiger partial charge on any atom is 0.180 e. The Morgan fingerprint density at radius 1 is 0.826 bits per heavy atom. The maximum absolute atomic E-state index is 14.4. The van der Waals surface area contributed by atoms with Crippen LogP contribution in [0.1, 0.15) is 82.9 Å². The largest absolute Gasteiger partial charge is 0.490 e. The molecule has 7 heteroatoms. The molecule has 2 aliphatic carbocycles. The molecule has 0 amide bonds. The Morgan fingerprint density at radius 3 is 2.00 bits per heavy atom. The van der Waals surface area contributed by atoms with Gasteiger partial charge in [-0.15, -0.1) is 0 Å². The van der Waals surface area contributed by atoms with E-state index in [4.69, 9.17) is 21.1 Å². The fourth-order valence-electron chi connectivity index (χ4n) is 7.26. The molecule has 0 bridgehead atoms. The van der Waals surface area contributed by atoms with Gasteiger partial charge in [-0.3, -0.25) is 9.59 Å². The van der Waals surface area contributed by atoms with Crippen LogP contribution in [0.5, 0.6) is 11.5 Å². The number of hydrogen-bond donors (Lipinski definition) is 0. The van der Waals surface area contributed by atoms with Crippen molar-refractivity contribution in [2.75, 3.05) is 6.61 Å². The lowest BCUT2D eigenvalue weighted by molar-refractivity contribution is -0.119. The van der Waals surface area contributed by atoms with E-state index in [0.717, 1.165) is 17.0 Å². The zero-order valence-corrected chi connectivity index (χ0v) is 28.0. The summed E-state index contributed by atoms with van der Waals surface area (Å²) in [7, 11) is 0. The molecule has 0 aromatic heterocycles. The average Bonchev–Trinajstić information content (AvgIpc) is 2.97. The van der Waals surface area contributed by atoms with Gasteiger partial charge < -0.3 is 14.4 Å². The summed E-state index contributed by atoms with van der Waals surface area (Å²) in [5.41, 5.74) is 5.05. The predicted octanol–water partition coefficient (Wildman–Crippen LogP) is 9.34. The van der Waals surface area contributed by atoms with E-state index in [1.54, 1.807) is 24.3 Å². The van der Waals surface area contributed by atoms with Crippen molar-refractivity contribution >= 4 is 23.2 Å². The van der Waals surface area contributed by atoms with Gasteiger partial charge in [0.25, 0.3) is 0 Å². The Balaban J connectivity index is 1.52. The van der Waals surface area contributed by atoms with Gasteiger partial charge in [-0.1, -0.05) is 87.8 Å². The molecule has 3 aromatic carbocycles. The molecule has 6 rings (SSSR count). The van der Waals surface area contributed by atoms with Crippen LogP contribution in [0.3, 0.4) is 0 Å². The molecule has 0 fully saturated rings. The number of ketones is 2. The van der Waals surface area contributed by atoms with E-state index in [0.29, 0.717) is 72.6 Å². The van der Waals surface area contributed by atoms with Crippen LogP contribution in [0.2, 0.25) is 5.02 Å². The summed E-state index contributed by atoms with van der Waals surface area (Å²) in [4.78, 5) is 30.8. The van der Waals surface area contributed by atoms with Gasteiger partial charge in [-0.25, -0.2) is 4.39 Å². The number of nitrogens with zero attached hydrogens (tertiary/aromatic N) is 1. The molecule has 0 radical (unpaired) electrons. The van der Waals surface area contributed by atoms with Crippen molar-refractivity contribution in [2.24, 2.45) is 10.8 Å². The number of allylic oxidation sites excluding steroid dienone is 4. The number of rotatable bonds is 8. The van der Waals surface area contributed by atoms with Crippen LogP contribution >= 0.6 is 11.6 Å². The summed E-state index contributed by atoms with van der Waals surface area (Å²) < 4.78 is 26.5. The van der Waals surface area contributed by atoms with Gasteiger partial charge >= 0.3 is 0 Å².